The van der Waals surface area contributed by atoms with Gasteiger partial charge in [-0.1, -0.05) is 6.07 Å². The molecule has 1 fully saturated rings. The first-order chi connectivity index (χ1) is 20.0. The van der Waals surface area contributed by atoms with E-state index in [1.54, 1.807) is 35.9 Å². The van der Waals surface area contributed by atoms with Gasteiger partial charge in [-0.3, -0.25) is 14.9 Å². The monoisotopic (exact) mass is 579 g/mol. The average molecular weight is 580 g/mol. The van der Waals surface area contributed by atoms with Gasteiger partial charge in [-0.2, -0.15) is 5.10 Å². The van der Waals surface area contributed by atoms with Crippen LogP contribution >= 0.6 is 0 Å². The normalized spacial score (nSPS) is 13.9. The molecule has 0 aliphatic carbocycles. The summed E-state index contributed by atoms with van der Waals surface area (Å²) in [4.78, 5) is 38.5. The van der Waals surface area contributed by atoms with Crippen LogP contribution in [0.4, 0.5) is 10.5 Å². The van der Waals surface area contributed by atoms with E-state index in [0.29, 0.717) is 67.3 Å². The summed E-state index contributed by atoms with van der Waals surface area (Å²) in [6.45, 7) is 6.80. The van der Waals surface area contributed by atoms with Gasteiger partial charge < -0.3 is 24.4 Å². The highest BCUT2D eigenvalue weighted by Gasteiger charge is 2.32. The molecule has 1 N–H and O–H groups in total. The van der Waals surface area contributed by atoms with Crippen molar-refractivity contribution in [2.75, 3.05) is 33.9 Å². The smallest absolute Gasteiger partial charge is 0.410 e. The highest BCUT2D eigenvalue weighted by molar-refractivity contribution is 5.95. The Hall–Kier alpha value is -4.61. The Bertz CT molecular complexity index is 1420. The van der Waals surface area contributed by atoms with Gasteiger partial charge in [0, 0.05) is 37.7 Å². The summed E-state index contributed by atoms with van der Waals surface area (Å²) in [6, 6.07) is 11.7. The van der Waals surface area contributed by atoms with Gasteiger partial charge >= 0.3 is 6.09 Å². The highest BCUT2D eigenvalue weighted by atomic mass is 16.6. The summed E-state index contributed by atoms with van der Waals surface area (Å²) in [7, 11) is 3.15. The lowest BCUT2D eigenvalue weighted by atomic mass is 9.90. The van der Waals surface area contributed by atoms with E-state index in [9.17, 15) is 19.7 Å². The van der Waals surface area contributed by atoms with Crippen molar-refractivity contribution >= 4 is 17.7 Å². The van der Waals surface area contributed by atoms with Crippen LogP contribution in [-0.2, 0) is 11.2 Å². The number of nitrogens with one attached hydrogen (secondary N) is 1. The van der Waals surface area contributed by atoms with Crippen molar-refractivity contribution in [1.82, 2.24) is 20.0 Å². The van der Waals surface area contributed by atoms with Crippen molar-refractivity contribution in [3.63, 3.8) is 0 Å². The zero-order valence-corrected chi connectivity index (χ0v) is 24.6. The molecule has 42 heavy (non-hydrogen) atoms. The molecule has 224 valence electrons. The molecule has 0 radical (unpaired) electrons. The first-order valence-electron chi connectivity index (χ1n) is 13.8. The average Bonchev–Trinajstić information content (AvgIpc) is 3.41. The van der Waals surface area contributed by atoms with E-state index < -0.39 is 10.5 Å². The Labute approximate surface area is 244 Å². The van der Waals surface area contributed by atoms with E-state index in [2.05, 4.69) is 10.4 Å². The van der Waals surface area contributed by atoms with Crippen molar-refractivity contribution in [1.29, 1.82) is 0 Å². The van der Waals surface area contributed by atoms with Crippen molar-refractivity contribution in [2.24, 2.45) is 0 Å². The minimum Gasteiger partial charge on any atom is -0.493 e. The molecule has 0 unspecified atom stereocenters. The number of hydrogen-bond donors (Lipinski definition) is 1. The van der Waals surface area contributed by atoms with Gasteiger partial charge in [0.1, 0.15) is 5.60 Å². The van der Waals surface area contributed by atoms with Crippen LogP contribution in [0.25, 0.3) is 5.69 Å². The Balaban J connectivity index is 1.53. The number of ether oxygens (including phenoxy) is 3. The van der Waals surface area contributed by atoms with E-state index in [1.165, 1.54) is 18.3 Å². The zero-order chi connectivity index (χ0) is 30.4. The van der Waals surface area contributed by atoms with E-state index in [1.807, 2.05) is 39.0 Å². The second-order valence-electron chi connectivity index (χ2n) is 11.1. The van der Waals surface area contributed by atoms with Crippen LogP contribution in [0.1, 0.15) is 61.1 Å². The summed E-state index contributed by atoms with van der Waals surface area (Å²) in [5.41, 5.74) is 2.09. The standard InChI is InChI=1S/C30H37N5O7/c1-30(2,3)42-29(37)33-16-13-21(14-17-33)27-24(19-32-34(27)22-7-9-23(10-8-22)35(38)39)28(36)31-15-12-20-6-11-25(40-4)26(18-20)41-5/h6-11,18-19,21H,12-17H2,1-5H3,(H,31,36). The highest BCUT2D eigenvalue weighted by Crippen LogP contribution is 2.33. The van der Waals surface area contributed by atoms with Crippen LogP contribution in [-0.4, -0.2) is 71.1 Å². The Morgan fingerprint density at radius 1 is 1.05 bits per heavy atom. The number of nitro benzene ring substituents is 1. The van der Waals surface area contributed by atoms with Gasteiger partial charge in [0.15, 0.2) is 11.5 Å². The zero-order valence-electron chi connectivity index (χ0n) is 24.6. The Morgan fingerprint density at radius 3 is 2.31 bits per heavy atom. The van der Waals surface area contributed by atoms with Gasteiger partial charge in [-0.25, -0.2) is 9.48 Å². The molecule has 2 amide bonds. The quantitative estimate of drug-likeness (QED) is 0.280. The lowest BCUT2D eigenvalue weighted by Gasteiger charge is -2.34. The van der Waals surface area contributed by atoms with Crippen molar-refractivity contribution < 1.29 is 28.7 Å². The molecule has 0 bridgehead atoms. The third-order valence-electron chi connectivity index (χ3n) is 7.04. The first-order valence-corrected chi connectivity index (χ1v) is 13.8. The second-order valence-corrected chi connectivity index (χ2v) is 11.1. The summed E-state index contributed by atoms with van der Waals surface area (Å²) in [6.07, 6.45) is 2.95. The number of rotatable bonds is 9. The fourth-order valence-corrected chi connectivity index (χ4v) is 4.96. The van der Waals surface area contributed by atoms with Crippen LogP contribution in [0, 0.1) is 10.1 Å². The predicted molar refractivity (Wildman–Crippen MR) is 156 cm³/mol. The first kappa shape index (κ1) is 30.4. The van der Waals surface area contributed by atoms with Gasteiger partial charge in [-0.15, -0.1) is 0 Å². The molecule has 4 rings (SSSR count). The maximum Gasteiger partial charge on any atom is 0.410 e. The summed E-state index contributed by atoms with van der Waals surface area (Å²) >= 11 is 0. The second kappa shape index (κ2) is 12.9. The topological polar surface area (TPSA) is 138 Å². The number of likely N-dealkylation sites (tertiary alicyclic amines) is 1. The third kappa shape index (κ3) is 7.17. The number of aromatic nitrogens is 2. The summed E-state index contributed by atoms with van der Waals surface area (Å²) < 4.78 is 17.9. The molecule has 2 aromatic carbocycles. The number of methoxy groups -OCH3 is 2. The van der Waals surface area contributed by atoms with Crippen LogP contribution in [0.3, 0.4) is 0 Å². The number of piperidine rings is 1. The molecule has 1 aromatic heterocycles. The summed E-state index contributed by atoms with van der Waals surface area (Å²) in [5, 5.41) is 18.7. The molecule has 12 heteroatoms. The van der Waals surface area contributed by atoms with Gasteiger partial charge in [0.2, 0.25) is 0 Å². The molecule has 0 saturated carbocycles. The van der Waals surface area contributed by atoms with Gasteiger partial charge in [-0.05, 0) is 69.9 Å². The minimum absolute atomic E-state index is 0.0359. The largest absolute Gasteiger partial charge is 0.493 e. The lowest BCUT2D eigenvalue weighted by Crippen LogP contribution is -2.41. The maximum absolute atomic E-state index is 13.5. The maximum atomic E-state index is 13.5. The van der Waals surface area contributed by atoms with Gasteiger partial charge in [0.25, 0.3) is 11.6 Å². The molecular formula is C30H37N5O7. The number of amides is 2. The molecule has 0 spiro atoms. The lowest BCUT2D eigenvalue weighted by molar-refractivity contribution is -0.384. The number of benzene rings is 2. The Morgan fingerprint density at radius 2 is 1.71 bits per heavy atom. The SMILES string of the molecule is COc1ccc(CCNC(=O)c2cnn(-c3ccc([N+](=O)[O-])cc3)c2C2CCN(C(=O)OC(C)(C)C)CC2)cc1OC. The van der Waals surface area contributed by atoms with Crippen molar-refractivity contribution in [3.8, 4) is 17.2 Å². The van der Waals surface area contributed by atoms with Crippen LogP contribution < -0.4 is 14.8 Å². The number of nitrogens with zero attached hydrogens (tertiary/aromatic N) is 4. The van der Waals surface area contributed by atoms with Gasteiger partial charge in [0.05, 0.1) is 42.3 Å². The molecule has 12 nitrogen and oxygen atoms in total. The summed E-state index contributed by atoms with van der Waals surface area (Å²) in [5.74, 6) is 0.901. The number of non-ortho nitro benzene ring substituents is 1. The van der Waals surface area contributed by atoms with Crippen LogP contribution in [0.5, 0.6) is 11.5 Å². The molecule has 0 atom stereocenters. The Kier molecular flexibility index (Phi) is 9.34. The number of nitro groups is 1. The third-order valence-corrected chi connectivity index (χ3v) is 7.04. The van der Waals surface area contributed by atoms with Crippen LogP contribution in [0.2, 0.25) is 0 Å². The van der Waals surface area contributed by atoms with E-state index in [4.69, 9.17) is 14.2 Å². The number of carbonyl (C=O) groups excluding carboxylic acids is 2. The van der Waals surface area contributed by atoms with Crippen molar-refractivity contribution in [3.05, 3.63) is 75.6 Å². The number of carbonyl (C=O) groups is 2. The molecule has 1 aliphatic heterocycles. The predicted octanol–water partition coefficient (Wildman–Crippen LogP) is 4.88. The fourth-order valence-electron chi connectivity index (χ4n) is 4.96. The van der Waals surface area contributed by atoms with E-state index >= 15 is 0 Å². The van der Waals surface area contributed by atoms with Crippen molar-refractivity contribution in [2.45, 2.75) is 51.6 Å². The van der Waals surface area contributed by atoms with Crippen LogP contribution in [0.15, 0.2) is 48.7 Å². The van der Waals surface area contributed by atoms with E-state index in [0.717, 1.165) is 5.56 Å². The molecule has 2 heterocycles. The number of hydrogen-bond acceptors (Lipinski definition) is 8. The fraction of sp³-hybridized carbons (Fsp3) is 0.433. The molecule has 3 aromatic rings. The van der Waals surface area contributed by atoms with E-state index in [-0.39, 0.29) is 23.6 Å². The molecule has 1 aliphatic rings. The molecule has 1 saturated heterocycles. The molecular weight excluding hydrogens is 542 g/mol. The minimum atomic E-state index is -0.593.